The normalized spacial score (nSPS) is 19.1. The molecule has 2 saturated heterocycles. The number of carbonyl (C=O) groups excluding carboxylic acids is 2. The van der Waals surface area contributed by atoms with Crippen LogP contribution in [0.1, 0.15) is 37.1 Å². The van der Waals surface area contributed by atoms with Gasteiger partial charge in [0.05, 0.1) is 5.92 Å². The summed E-state index contributed by atoms with van der Waals surface area (Å²) in [6, 6.07) is 10.4. The molecule has 7 nitrogen and oxygen atoms in total. The molecule has 1 unspecified atom stereocenters. The number of nitrogens with zero attached hydrogens (tertiary/aromatic N) is 4. The van der Waals surface area contributed by atoms with Gasteiger partial charge in [0.2, 0.25) is 5.91 Å². The predicted molar refractivity (Wildman–Crippen MR) is 115 cm³/mol. The van der Waals surface area contributed by atoms with Crippen LogP contribution in [0.15, 0.2) is 42.7 Å². The van der Waals surface area contributed by atoms with Crippen LogP contribution in [0.5, 0.6) is 0 Å². The number of aromatic nitrogens is 2. The average molecular weight is 410 g/mol. The number of likely N-dealkylation sites (tertiary alicyclic amines) is 2. The van der Waals surface area contributed by atoms with Gasteiger partial charge in [-0.05, 0) is 31.2 Å². The first kappa shape index (κ1) is 20.4. The van der Waals surface area contributed by atoms with Gasteiger partial charge in [-0.3, -0.25) is 4.79 Å². The highest BCUT2D eigenvalue weighted by Crippen LogP contribution is 2.20. The van der Waals surface area contributed by atoms with Crippen LogP contribution < -0.4 is 5.32 Å². The lowest BCUT2D eigenvalue weighted by molar-refractivity contribution is -0.126. The van der Waals surface area contributed by atoms with E-state index in [9.17, 15) is 9.59 Å². The van der Waals surface area contributed by atoms with Gasteiger partial charge < -0.3 is 19.7 Å². The van der Waals surface area contributed by atoms with E-state index in [0.717, 1.165) is 57.7 Å². The van der Waals surface area contributed by atoms with Gasteiger partial charge in [-0.15, -0.1) is 0 Å². The van der Waals surface area contributed by atoms with Crippen LogP contribution in [0.3, 0.4) is 0 Å². The zero-order valence-corrected chi connectivity index (χ0v) is 17.5. The molecule has 1 N–H and O–H groups in total. The van der Waals surface area contributed by atoms with Crippen molar-refractivity contribution in [2.75, 3.05) is 32.7 Å². The van der Waals surface area contributed by atoms with Crippen LogP contribution in [-0.4, -0.2) is 64.0 Å². The molecule has 1 aromatic carbocycles. The lowest BCUT2D eigenvalue weighted by atomic mass is 9.97. The molecule has 0 saturated carbocycles. The lowest BCUT2D eigenvalue weighted by Gasteiger charge is -2.34. The molecule has 1 aromatic heterocycles. The molecular formula is C23H31N5O2. The fourth-order valence-electron chi connectivity index (χ4n) is 4.41. The third-order valence-electron chi connectivity index (χ3n) is 6.08. The average Bonchev–Trinajstić information content (AvgIpc) is 3.47. The van der Waals surface area contributed by atoms with Crippen molar-refractivity contribution in [2.24, 2.45) is 5.92 Å². The summed E-state index contributed by atoms with van der Waals surface area (Å²) in [5.41, 5.74) is 1.23. The van der Waals surface area contributed by atoms with Crippen molar-refractivity contribution in [3.8, 4) is 0 Å². The summed E-state index contributed by atoms with van der Waals surface area (Å²) < 4.78 is 2.12. The molecule has 30 heavy (non-hydrogen) atoms. The first-order valence-electron chi connectivity index (χ1n) is 11.1. The van der Waals surface area contributed by atoms with Crippen molar-refractivity contribution in [3.63, 3.8) is 0 Å². The zero-order chi connectivity index (χ0) is 20.8. The van der Waals surface area contributed by atoms with E-state index in [1.54, 1.807) is 0 Å². The quantitative estimate of drug-likeness (QED) is 0.797. The molecule has 0 spiro atoms. The first-order valence-corrected chi connectivity index (χ1v) is 11.1. The zero-order valence-electron chi connectivity index (χ0n) is 17.5. The highest BCUT2D eigenvalue weighted by atomic mass is 16.2. The number of benzene rings is 1. The van der Waals surface area contributed by atoms with Gasteiger partial charge in [-0.25, -0.2) is 9.78 Å². The van der Waals surface area contributed by atoms with Crippen LogP contribution in [-0.2, 0) is 17.8 Å². The topological polar surface area (TPSA) is 70.5 Å². The number of rotatable bonds is 6. The number of amides is 3. The lowest BCUT2D eigenvalue weighted by Crippen LogP contribution is -2.49. The Labute approximate surface area is 178 Å². The Balaban J connectivity index is 1.25. The van der Waals surface area contributed by atoms with Crippen molar-refractivity contribution >= 4 is 11.9 Å². The summed E-state index contributed by atoms with van der Waals surface area (Å²) in [7, 11) is 0. The molecule has 3 amide bonds. The van der Waals surface area contributed by atoms with Crippen molar-refractivity contribution in [1.82, 2.24) is 24.7 Å². The molecule has 2 aromatic rings. The van der Waals surface area contributed by atoms with Crippen molar-refractivity contribution in [3.05, 3.63) is 54.1 Å². The minimum Gasteiger partial charge on any atom is -0.355 e. The van der Waals surface area contributed by atoms with Gasteiger partial charge in [-0.1, -0.05) is 30.3 Å². The molecule has 0 bridgehead atoms. The molecule has 3 heterocycles. The summed E-state index contributed by atoms with van der Waals surface area (Å²) in [5.74, 6) is 0.901. The number of carbonyl (C=O) groups is 2. The van der Waals surface area contributed by atoms with Crippen molar-refractivity contribution in [1.29, 1.82) is 0 Å². The van der Waals surface area contributed by atoms with Crippen LogP contribution in [0, 0.1) is 5.92 Å². The highest BCUT2D eigenvalue weighted by molar-refractivity contribution is 5.81. The Morgan fingerprint density at radius 1 is 1.03 bits per heavy atom. The summed E-state index contributed by atoms with van der Waals surface area (Å²) in [5, 5.41) is 3.07. The number of hydrogen-bond acceptors (Lipinski definition) is 3. The van der Waals surface area contributed by atoms with E-state index in [0.29, 0.717) is 19.5 Å². The second-order valence-electron chi connectivity index (χ2n) is 8.26. The van der Waals surface area contributed by atoms with Crippen LogP contribution in [0.25, 0.3) is 0 Å². The maximum atomic E-state index is 12.7. The number of hydrogen-bond donors (Lipinski definition) is 1. The molecular weight excluding hydrogens is 378 g/mol. The third kappa shape index (κ3) is 5.01. The predicted octanol–water partition coefficient (Wildman–Crippen LogP) is 2.52. The standard InChI is InChI=1S/C23H31N5O2/c29-22(20-9-6-15-28(18-20)23(30)26-13-4-5-14-26)25-11-10-21-24-12-16-27(21)17-19-7-2-1-3-8-19/h1-3,7-8,12,16,20H,4-6,9-11,13-15,17-18H2,(H,25,29). The monoisotopic (exact) mass is 409 g/mol. The third-order valence-corrected chi connectivity index (χ3v) is 6.08. The van der Waals surface area contributed by atoms with Gasteiger partial charge in [0.15, 0.2) is 0 Å². The van der Waals surface area contributed by atoms with Gasteiger partial charge >= 0.3 is 6.03 Å². The largest absolute Gasteiger partial charge is 0.355 e. The van der Waals surface area contributed by atoms with Crippen LogP contribution >= 0.6 is 0 Å². The fraction of sp³-hybridized carbons (Fsp3) is 0.522. The van der Waals surface area contributed by atoms with Crippen molar-refractivity contribution in [2.45, 2.75) is 38.6 Å². The molecule has 7 heteroatoms. The first-order chi connectivity index (χ1) is 14.7. The van der Waals surface area contributed by atoms with E-state index in [4.69, 9.17) is 0 Å². The maximum Gasteiger partial charge on any atom is 0.320 e. The molecule has 0 radical (unpaired) electrons. The SMILES string of the molecule is O=C(NCCc1nccn1Cc1ccccc1)C1CCCN(C(=O)N2CCCC2)C1. The molecule has 1 atom stereocenters. The Morgan fingerprint density at radius 3 is 2.60 bits per heavy atom. The van der Waals surface area contributed by atoms with Gasteiger partial charge in [0.25, 0.3) is 0 Å². The highest BCUT2D eigenvalue weighted by Gasteiger charge is 2.31. The second kappa shape index (κ2) is 9.78. The molecule has 2 aliphatic heterocycles. The molecule has 0 aliphatic carbocycles. The Morgan fingerprint density at radius 2 is 1.80 bits per heavy atom. The Kier molecular flexibility index (Phi) is 6.67. The van der Waals surface area contributed by atoms with Gasteiger partial charge in [0.1, 0.15) is 5.82 Å². The minimum absolute atomic E-state index is 0.0510. The summed E-state index contributed by atoms with van der Waals surface area (Å²) in [6.45, 7) is 4.32. The van der Waals surface area contributed by atoms with Crippen LogP contribution in [0.4, 0.5) is 4.79 Å². The minimum atomic E-state index is -0.116. The van der Waals surface area contributed by atoms with Crippen LogP contribution in [0.2, 0.25) is 0 Å². The number of urea groups is 1. The number of piperidine rings is 1. The van der Waals surface area contributed by atoms with Gasteiger partial charge in [0, 0.05) is 58.1 Å². The van der Waals surface area contributed by atoms with E-state index in [-0.39, 0.29) is 17.9 Å². The number of imidazole rings is 1. The maximum absolute atomic E-state index is 12.7. The Bertz CT molecular complexity index is 844. The Hall–Kier alpha value is -2.83. The van der Waals surface area contributed by atoms with E-state index < -0.39 is 0 Å². The second-order valence-corrected chi connectivity index (χ2v) is 8.26. The smallest absolute Gasteiger partial charge is 0.320 e. The summed E-state index contributed by atoms with van der Waals surface area (Å²) in [6.07, 6.45) is 8.38. The van der Waals surface area contributed by atoms with Gasteiger partial charge in [-0.2, -0.15) is 0 Å². The molecule has 160 valence electrons. The summed E-state index contributed by atoms with van der Waals surface area (Å²) in [4.78, 5) is 33.6. The van der Waals surface area contributed by atoms with E-state index in [1.807, 2.05) is 40.4 Å². The summed E-state index contributed by atoms with van der Waals surface area (Å²) >= 11 is 0. The van der Waals surface area contributed by atoms with Crippen molar-refractivity contribution < 1.29 is 9.59 Å². The fourth-order valence-corrected chi connectivity index (χ4v) is 4.41. The van der Waals surface area contributed by atoms with E-state index in [2.05, 4.69) is 27.0 Å². The van der Waals surface area contributed by atoms with E-state index >= 15 is 0 Å². The molecule has 2 fully saturated rings. The molecule has 2 aliphatic rings. The van der Waals surface area contributed by atoms with E-state index in [1.165, 1.54) is 5.56 Å². The molecule has 4 rings (SSSR count). The number of nitrogens with one attached hydrogen (secondary N) is 1.